The number of rotatable bonds is 17. The van der Waals surface area contributed by atoms with Crippen LogP contribution >= 0.6 is 0 Å². The summed E-state index contributed by atoms with van der Waals surface area (Å²) in [5, 5.41) is 3.51. The van der Waals surface area contributed by atoms with Crippen LogP contribution in [0.3, 0.4) is 0 Å². The maximum atomic E-state index is 5.97. The number of nitrogens with zero attached hydrogens (tertiary/aromatic N) is 1. The van der Waals surface area contributed by atoms with Crippen LogP contribution in [0.15, 0.2) is 42.5 Å². The van der Waals surface area contributed by atoms with Crippen molar-refractivity contribution >= 4 is 21.7 Å². The summed E-state index contributed by atoms with van der Waals surface area (Å²) in [6, 6.07) is 14.6. The third kappa shape index (κ3) is 8.51. The van der Waals surface area contributed by atoms with E-state index in [4.69, 9.17) is 19.2 Å². The van der Waals surface area contributed by atoms with Gasteiger partial charge in [-0.25, -0.2) is 4.98 Å². The summed E-state index contributed by atoms with van der Waals surface area (Å²) in [6.45, 7) is 7.59. The predicted octanol–water partition coefficient (Wildman–Crippen LogP) is 8.10. The quantitative estimate of drug-likeness (QED) is 0.153. The molecule has 0 N–H and O–H groups in total. The summed E-state index contributed by atoms with van der Waals surface area (Å²) in [7, 11) is 0. The molecular weight excluding hydrogens is 410 g/mol. The summed E-state index contributed by atoms with van der Waals surface area (Å²) < 4.78 is 17.5. The van der Waals surface area contributed by atoms with Crippen LogP contribution in [-0.4, -0.2) is 31.4 Å². The first-order valence-corrected chi connectivity index (χ1v) is 13.0. The Bertz CT molecular complexity index is 956. The van der Waals surface area contributed by atoms with Crippen molar-refractivity contribution in [3.05, 3.63) is 42.5 Å². The van der Waals surface area contributed by atoms with Gasteiger partial charge in [-0.1, -0.05) is 64.5 Å². The Morgan fingerprint density at radius 3 is 2.18 bits per heavy atom. The first-order chi connectivity index (χ1) is 16.3. The molecule has 0 aliphatic heterocycles. The summed E-state index contributed by atoms with van der Waals surface area (Å²) in [4.78, 5) is 4.73. The molecule has 0 saturated carbocycles. The summed E-state index contributed by atoms with van der Waals surface area (Å²) in [5.41, 5.74) is 0.972. The molecule has 180 valence electrons. The molecule has 2 aromatic carbocycles. The van der Waals surface area contributed by atoms with Gasteiger partial charge in [-0.05, 0) is 60.7 Å². The largest absolute Gasteiger partial charge is 0.494 e. The minimum atomic E-state index is 0.717. The molecule has 0 unspecified atom stereocenters. The molecule has 1 heterocycles. The third-order valence-electron chi connectivity index (χ3n) is 5.97. The molecule has 3 rings (SSSR count). The van der Waals surface area contributed by atoms with Crippen LogP contribution in [-0.2, 0) is 4.74 Å². The molecule has 0 aliphatic carbocycles. The van der Waals surface area contributed by atoms with Gasteiger partial charge in [0.2, 0.25) is 5.88 Å². The lowest BCUT2D eigenvalue weighted by molar-refractivity contribution is 0.123. The number of aromatic nitrogens is 1. The maximum Gasteiger partial charge on any atom is 0.213 e. The SMILES string of the molecule is CCCCCCCCOc1ccc2c(ccc3cc(OCCCCOCCCC)ccc32)n1. The molecular formula is C29H41NO3. The number of benzene rings is 2. The highest BCUT2D eigenvalue weighted by molar-refractivity contribution is 6.06. The van der Waals surface area contributed by atoms with Crippen molar-refractivity contribution < 1.29 is 14.2 Å². The van der Waals surface area contributed by atoms with Gasteiger partial charge in [0, 0.05) is 24.7 Å². The highest BCUT2D eigenvalue weighted by atomic mass is 16.5. The molecule has 0 amide bonds. The molecule has 0 saturated heterocycles. The maximum absolute atomic E-state index is 5.97. The van der Waals surface area contributed by atoms with Gasteiger partial charge in [-0.3, -0.25) is 0 Å². The van der Waals surface area contributed by atoms with E-state index < -0.39 is 0 Å². The molecule has 0 fully saturated rings. The fourth-order valence-corrected chi connectivity index (χ4v) is 3.98. The number of ether oxygens (including phenoxy) is 3. The Balaban J connectivity index is 1.48. The van der Waals surface area contributed by atoms with E-state index >= 15 is 0 Å². The molecule has 4 nitrogen and oxygen atoms in total. The Morgan fingerprint density at radius 2 is 1.30 bits per heavy atom. The van der Waals surface area contributed by atoms with Crippen LogP contribution in [0.25, 0.3) is 21.7 Å². The van der Waals surface area contributed by atoms with Crippen molar-refractivity contribution in [2.45, 2.75) is 78.1 Å². The summed E-state index contributed by atoms with van der Waals surface area (Å²) in [5.74, 6) is 1.63. The Labute approximate surface area is 199 Å². The van der Waals surface area contributed by atoms with E-state index in [9.17, 15) is 0 Å². The molecule has 0 aliphatic rings. The Hall–Kier alpha value is -2.33. The van der Waals surface area contributed by atoms with E-state index in [-0.39, 0.29) is 0 Å². The topological polar surface area (TPSA) is 40.6 Å². The zero-order chi connectivity index (χ0) is 23.1. The predicted molar refractivity (Wildman–Crippen MR) is 139 cm³/mol. The minimum Gasteiger partial charge on any atom is -0.494 e. The van der Waals surface area contributed by atoms with E-state index in [1.165, 1.54) is 49.3 Å². The van der Waals surface area contributed by atoms with Crippen molar-refractivity contribution in [1.82, 2.24) is 4.98 Å². The highest BCUT2D eigenvalue weighted by Crippen LogP contribution is 2.29. The summed E-state index contributed by atoms with van der Waals surface area (Å²) in [6.07, 6.45) is 12.0. The monoisotopic (exact) mass is 451 g/mol. The Morgan fingerprint density at radius 1 is 0.606 bits per heavy atom. The molecule has 0 atom stereocenters. The number of pyridine rings is 1. The number of hydrogen-bond donors (Lipinski definition) is 0. The van der Waals surface area contributed by atoms with E-state index in [2.05, 4.69) is 50.2 Å². The molecule has 0 spiro atoms. The van der Waals surface area contributed by atoms with Gasteiger partial charge in [0.15, 0.2) is 0 Å². The standard InChI is InChI=1S/C29H41NO3/c1-3-5-7-8-9-10-22-33-29-18-16-27-26-15-14-25(23-24(26)13-17-28(27)30-29)32-21-12-11-20-31-19-6-4-2/h13-18,23H,3-12,19-22H2,1-2H3. The van der Waals surface area contributed by atoms with Crippen molar-refractivity contribution in [2.75, 3.05) is 26.4 Å². The minimum absolute atomic E-state index is 0.717. The lowest BCUT2D eigenvalue weighted by Gasteiger charge is -2.10. The van der Waals surface area contributed by atoms with Gasteiger partial charge >= 0.3 is 0 Å². The molecule has 0 bridgehead atoms. The number of unbranched alkanes of at least 4 members (excludes halogenated alkanes) is 7. The van der Waals surface area contributed by atoms with Gasteiger partial charge in [0.05, 0.1) is 18.7 Å². The highest BCUT2D eigenvalue weighted by Gasteiger charge is 2.06. The summed E-state index contributed by atoms with van der Waals surface area (Å²) >= 11 is 0. The number of fused-ring (bicyclic) bond motifs is 3. The average Bonchev–Trinajstić information content (AvgIpc) is 2.84. The molecule has 3 aromatic rings. The molecule has 1 aromatic heterocycles. The fraction of sp³-hybridized carbons (Fsp3) is 0.552. The van der Waals surface area contributed by atoms with Crippen LogP contribution in [0.2, 0.25) is 0 Å². The molecule has 4 heteroatoms. The van der Waals surface area contributed by atoms with E-state index in [0.717, 1.165) is 68.8 Å². The fourth-order valence-electron chi connectivity index (χ4n) is 3.98. The lowest BCUT2D eigenvalue weighted by atomic mass is 10.0. The second-order valence-corrected chi connectivity index (χ2v) is 8.80. The first-order valence-electron chi connectivity index (χ1n) is 13.0. The zero-order valence-electron chi connectivity index (χ0n) is 20.6. The second-order valence-electron chi connectivity index (χ2n) is 8.80. The Kier molecular flexibility index (Phi) is 11.3. The second kappa shape index (κ2) is 14.7. The van der Waals surface area contributed by atoms with Gasteiger partial charge in [0.25, 0.3) is 0 Å². The van der Waals surface area contributed by atoms with E-state index in [1.807, 2.05) is 6.07 Å². The van der Waals surface area contributed by atoms with Crippen molar-refractivity contribution in [2.24, 2.45) is 0 Å². The van der Waals surface area contributed by atoms with Crippen molar-refractivity contribution in [3.63, 3.8) is 0 Å². The normalized spacial score (nSPS) is 11.3. The van der Waals surface area contributed by atoms with Crippen molar-refractivity contribution in [3.8, 4) is 11.6 Å². The third-order valence-corrected chi connectivity index (χ3v) is 5.97. The van der Waals surface area contributed by atoms with E-state index in [1.54, 1.807) is 0 Å². The van der Waals surface area contributed by atoms with Crippen LogP contribution in [0, 0.1) is 0 Å². The van der Waals surface area contributed by atoms with Gasteiger partial charge in [-0.2, -0.15) is 0 Å². The van der Waals surface area contributed by atoms with Gasteiger partial charge in [-0.15, -0.1) is 0 Å². The average molecular weight is 452 g/mol. The van der Waals surface area contributed by atoms with Gasteiger partial charge in [0.1, 0.15) is 5.75 Å². The zero-order valence-corrected chi connectivity index (χ0v) is 20.6. The number of hydrogen-bond acceptors (Lipinski definition) is 4. The van der Waals surface area contributed by atoms with Crippen LogP contribution in [0.4, 0.5) is 0 Å². The van der Waals surface area contributed by atoms with Crippen molar-refractivity contribution in [1.29, 1.82) is 0 Å². The first kappa shape index (κ1) is 25.3. The lowest BCUT2D eigenvalue weighted by Crippen LogP contribution is -2.01. The van der Waals surface area contributed by atoms with Crippen LogP contribution < -0.4 is 9.47 Å². The smallest absolute Gasteiger partial charge is 0.213 e. The van der Waals surface area contributed by atoms with Gasteiger partial charge < -0.3 is 14.2 Å². The van der Waals surface area contributed by atoms with E-state index in [0.29, 0.717) is 5.88 Å². The molecule has 33 heavy (non-hydrogen) atoms. The molecule has 0 radical (unpaired) electrons. The van der Waals surface area contributed by atoms with Crippen LogP contribution in [0.5, 0.6) is 11.6 Å². The van der Waals surface area contributed by atoms with Crippen LogP contribution in [0.1, 0.15) is 78.1 Å².